The zero-order valence-electron chi connectivity index (χ0n) is 44.8. The maximum atomic E-state index is 2.45. The molecule has 0 fully saturated rings. The minimum absolute atomic E-state index is 1.07. The largest absolute Gasteiger partial charge is 0.311 e. The lowest BCUT2D eigenvalue weighted by Gasteiger charge is -2.26. The van der Waals surface area contributed by atoms with E-state index in [0.29, 0.717) is 0 Å². The van der Waals surface area contributed by atoms with E-state index in [1.165, 1.54) is 98.9 Å². The third-order valence-electron chi connectivity index (χ3n) is 16.6. The molecule has 4 heteroatoms. The molecule has 384 valence electrons. The minimum atomic E-state index is 1.07. The van der Waals surface area contributed by atoms with E-state index in [1.807, 2.05) is 0 Å². The zero-order valence-corrected chi connectivity index (χ0v) is 44.8. The van der Waals surface area contributed by atoms with Crippen molar-refractivity contribution in [3.63, 3.8) is 0 Å². The van der Waals surface area contributed by atoms with Crippen molar-refractivity contribution in [1.29, 1.82) is 0 Å². The summed E-state index contributed by atoms with van der Waals surface area (Å²) < 4.78 is 7.22. The van der Waals surface area contributed by atoms with E-state index >= 15 is 0 Å². The Morgan fingerprint density at radius 2 is 0.415 bits per heavy atom. The molecule has 0 spiro atoms. The van der Waals surface area contributed by atoms with E-state index in [1.54, 1.807) is 0 Å². The summed E-state index contributed by atoms with van der Waals surface area (Å²) in [6.45, 7) is 0. The van der Waals surface area contributed by atoms with Gasteiger partial charge in [-0.1, -0.05) is 182 Å². The van der Waals surface area contributed by atoms with E-state index in [0.717, 1.165) is 45.2 Å². The molecule has 4 nitrogen and oxygen atoms in total. The fourth-order valence-corrected chi connectivity index (χ4v) is 12.7. The molecule has 0 saturated carbocycles. The number of fused-ring (bicyclic) bond motifs is 9. The summed E-state index contributed by atoms with van der Waals surface area (Å²) in [5.41, 5.74) is 23.2. The van der Waals surface area contributed by atoms with Crippen LogP contribution < -0.4 is 4.90 Å². The molecule has 3 heterocycles. The Labute approximate surface area is 475 Å². The molecule has 0 amide bonds. The van der Waals surface area contributed by atoms with Crippen molar-refractivity contribution >= 4 is 82.5 Å². The Morgan fingerprint density at radius 3 is 0.768 bits per heavy atom. The van der Waals surface area contributed by atoms with Gasteiger partial charge in [0, 0.05) is 66.4 Å². The maximum Gasteiger partial charge on any atom is 0.0541 e. The van der Waals surface area contributed by atoms with Crippen molar-refractivity contribution < 1.29 is 0 Å². The highest BCUT2D eigenvalue weighted by Gasteiger charge is 2.20. The number of hydrogen-bond acceptors (Lipinski definition) is 1. The Kier molecular flexibility index (Phi) is 11.2. The lowest BCUT2D eigenvalue weighted by molar-refractivity contribution is 1.17. The van der Waals surface area contributed by atoms with E-state index in [2.05, 4.69) is 334 Å². The average molecular weight is 1050 g/mol. The molecule has 0 N–H and O–H groups in total. The van der Waals surface area contributed by atoms with Gasteiger partial charge in [0.05, 0.1) is 33.1 Å². The van der Waals surface area contributed by atoms with Crippen molar-refractivity contribution in [2.75, 3.05) is 4.90 Å². The normalized spacial score (nSPS) is 11.7. The molecule has 0 aliphatic rings. The van der Waals surface area contributed by atoms with Crippen LogP contribution in [0.25, 0.3) is 127 Å². The van der Waals surface area contributed by atoms with Gasteiger partial charge >= 0.3 is 0 Å². The summed E-state index contributed by atoms with van der Waals surface area (Å²) >= 11 is 0. The predicted octanol–water partition coefficient (Wildman–Crippen LogP) is 21.1. The number of nitrogens with zero attached hydrogens (tertiary/aromatic N) is 4. The van der Waals surface area contributed by atoms with Crippen molar-refractivity contribution in [3.05, 3.63) is 315 Å². The first kappa shape index (κ1) is 47.1. The van der Waals surface area contributed by atoms with E-state index < -0.39 is 0 Å². The second kappa shape index (κ2) is 19.5. The van der Waals surface area contributed by atoms with Crippen LogP contribution in [0, 0.1) is 0 Å². The fourth-order valence-electron chi connectivity index (χ4n) is 12.7. The van der Waals surface area contributed by atoms with Crippen LogP contribution in [0.3, 0.4) is 0 Å². The van der Waals surface area contributed by atoms with Crippen molar-refractivity contribution in [2.24, 2.45) is 0 Å². The van der Waals surface area contributed by atoms with Crippen LogP contribution in [-0.2, 0) is 0 Å². The first-order valence-electron chi connectivity index (χ1n) is 28.1. The molecule has 3 aromatic heterocycles. The Balaban J connectivity index is 0.847. The van der Waals surface area contributed by atoms with Crippen LogP contribution in [0.2, 0.25) is 0 Å². The zero-order chi connectivity index (χ0) is 54.1. The van der Waals surface area contributed by atoms with Crippen molar-refractivity contribution in [1.82, 2.24) is 13.7 Å². The summed E-state index contributed by atoms with van der Waals surface area (Å²) in [6.07, 6.45) is 0. The summed E-state index contributed by atoms with van der Waals surface area (Å²) in [4.78, 5) is 2.36. The van der Waals surface area contributed by atoms with Gasteiger partial charge in [-0.15, -0.1) is 0 Å². The van der Waals surface area contributed by atoms with Gasteiger partial charge in [-0.3, -0.25) is 0 Å². The highest BCUT2D eigenvalue weighted by atomic mass is 15.1. The molecule has 82 heavy (non-hydrogen) atoms. The van der Waals surface area contributed by atoms with Crippen LogP contribution in [0.15, 0.2) is 315 Å². The van der Waals surface area contributed by atoms with E-state index in [9.17, 15) is 0 Å². The third-order valence-corrected chi connectivity index (χ3v) is 16.6. The molecule has 13 aromatic carbocycles. The molecule has 0 radical (unpaired) electrons. The second-order valence-electron chi connectivity index (χ2n) is 21.3. The fraction of sp³-hybridized carbons (Fsp3) is 0. The number of para-hydroxylation sites is 4. The van der Waals surface area contributed by atoms with Crippen molar-refractivity contribution in [3.8, 4) is 61.6 Å². The van der Waals surface area contributed by atoms with Gasteiger partial charge in [-0.25, -0.2) is 0 Å². The number of benzene rings is 13. The Hall–Kier alpha value is -10.9. The minimum Gasteiger partial charge on any atom is -0.311 e. The quantitative estimate of drug-likeness (QED) is 0.133. The third kappa shape index (κ3) is 7.91. The summed E-state index contributed by atoms with van der Waals surface area (Å²) in [7, 11) is 0. The first-order chi connectivity index (χ1) is 40.7. The van der Waals surface area contributed by atoms with Gasteiger partial charge in [-0.2, -0.15) is 0 Å². The first-order valence-corrected chi connectivity index (χ1v) is 28.1. The van der Waals surface area contributed by atoms with Gasteiger partial charge in [0.25, 0.3) is 0 Å². The molecule has 0 aliphatic heterocycles. The monoisotopic (exact) mass is 1040 g/mol. The molecule has 16 aromatic rings. The van der Waals surface area contributed by atoms with Crippen molar-refractivity contribution in [2.45, 2.75) is 0 Å². The molecule has 0 saturated heterocycles. The van der Waals surface area contributed by atoms with Crippen LogP contribution >= 0.6 is 0 Å². The Bertz CT molecular complexity index is 4740. The second-order valence-corrected chi connectivity index (χ2v) is 21.3. The highest BCUT2D eigenvalue weighted by molar-refractivity contribution is 6.15. The topological polar surface area (TPSA) is 18.0 Å². The average Bonchev–Trinajstić information content (AvgIpc) is 4.41. The number of anilines is 3. The smallest absolute Gasteiger partial charge is 0.0541 e. The highest BCUT2D eigenvalue weighted by Crippen LogP contribution is 2.43. The number of hydrogen-bond donors (Lipinski definition) is 0. The molecule has 0 aliphatic carbocycles. The SMILES string of the molecule is c1ccc(-c2ccc(N(c3ccc(-c4ccccc4)cc3)c3ccc(-n4c5ccc(-c6ccc7c(c6)c6ccccc6n7-c6ccccc6)cc5c5cc(-c6ccc7c(c6)c6ccccc6n7-c6ccccc6)ccc54)cc3)cc2)cc1. The molecular formula is C78H52N4. The molecule has 0 bridgehead atoms. The number of rotatable bonds is 10. The standard InChI is InChI=1S/C78H52N4/c1-5-17-53(18-6-1)55-29-37-63(38-30-55)79(64-39-31-56(32-40-64)54-19-7-2-8-20-54)65-41-43-66(44-42-65)82-77-47-35-59(57-33-45-75-69(49-57)67-25-13-15-27-73(67)80(75)61-21-9-3-10-22-61)51-71(77)72-52-60(36-48-78(72)82)58-34-46-76-70(50-58)68-26-14-16-28-74(68)81(76)62-23-11-4-12-24-62/h1-52H. The van der Waals surface area contributed by atoms with Gasteiger partial charge in [0.15, 0.2) is 0 Å². The van der Waals surface area contributed by atoms with Crippen LogP contribution in [0.4, 0.5) is 17.1 Å². The molecule has 0 atom stereocenters. The summed E-state index contributed by atoms with van der Waals surface area (Å²) in [6, 6.07) is 115. The lowest BCUT2D eigenvalue weighted by Crippen LogP contribution is -2.10. The van der Waals surface area contributed by atoms with Gasteiger partial charge < -0.3 is 18.6 Å². The van der Waals surface area contributed by atoms with Crippen LogP contribution in [0.1, 0.15) is 0 Å². The van der Waals surface area contributed by atoms with Crippen LogP contribution in [-0.4, -0.2) is 13.7 Å². The van der Waals surface area contributed by atoms with E-state index in [4.69, 9.17) is 0 Å². The Morgan fingerprint density at radius 1 is 0.171 bits per heavy atom. The maximum absolute atomic E-state index is 2.45. The van der Waals surface area contributed by atoms with Gasteiger partial charge in [-0.05, 0) is 178 Å². The predicted molar refractivity (Wildman–Crippen MR) is 346 cm³/mol. The van der Waals surface area contributed by atoms with Gasteiger partial charge in [0.2, 0.25) is 0 Å². The molecule has 0 unspecified atom stereocenters. The van der Waals surface area contributed by atoms with Gasteiger partial charge in [0.1, 0.15) is 0 Å². The van der Waals surface area contributed by atoms with Crippen LogP contribution in [0.5, 0.6) is 0 Å². The van der Waals surface area contributed by atoms with E-state index in [-0.39, 0.29) is 0 Å². The number of aromatic nitrogens is 3. The summed E-state index contributed by atoms with van der Waals surface area (Å²) in [5.74, 6) is 0. The molecule has 16 rings (SSSR count). The molecular weight excluding hydrogens is 993 g/mol. The lowest BCUT2D eigenvalue weighted by atomic mass is 9.98. The summed E-state index contributed by atoms with van der Waals surface area (Å²) in [5, 5.41) is 7.35.